The third-order valence-corrected chi connectivity index (χ3v) is 3.08. The molecule has 1 N–H and O–H groups in total. The van der Waals surface area contributed by atoms with Gasteiger partial charge in [0.05, 0.1) is 0 Å². The average Bonchev–Trinajstić information content (AvgIpc) is 2.55. The Labute approximate surface area is 67.4 Å². The maximum absolute atomic E-state index is 10.9. The largest absolute Gasteiger partial charge is 0.356 e. The van der Waals surface area contributed by atoms with Crippen LogP contribution >= 0.6 is 0 Å². The van der Waals surface area contributed by atoms with E-state index in [0.717, 1.165) is 18.9 Å². The highest BCUT2D eigenvalue weighted by atomic mass is 16.1. The van der Waals surface area contributed by atoms with Crippen LogP contribution in [0.1, 0.15) is 32.1 Å². The molecule has 0 aromatic heterocycles. The SMILES string of the molecule is O=C1C[C@H](C2CCCC2)CN1. The number of hydrogen-bond acceptors (Lipinski definition) is 1. The van der Waals surface area contributed by atoms with Crippen molar-refractivity contribution in [1.29, 1.82) is 0 Å². The molecule has 0 aromatic carbocycles. The van der Waals surface area contributed by atoms with E-state index in [1.807, 2.05) is 0 Å². The van der Waals surface area contributed by atoms with Gasteiger partial charge in [-0.15, -0.1) is 0 Å². The van der Waals surface area contributed by atoms with Crippen molar-refractivity contribution in [1.82, 2.24) is 5.32 Å². The highest BCUT2D eigenvalue weighted by Gasteiger charge is 2.30. The summed E-state index contributed by atoms with van der Waals surface area (Å²) in [7, 11) is 0. The van der Waals surface area contributed by atoms with Gasteiger partial charge in [0.15, 0.2) is 0 Å². The lowest BCUT2D eigenvalue weighted by molar-refractivity contribution is -0.119. The molecule has 1 aliphatic carbocycles. The fourth-order valence-electron chi connectivity index (χ4n) is 2.39. The van der Waals surface area contributed by atoms with Crippen molar-refractivity contribution < 1.29 is 4.79 Å². The van der Waals surface area contributed by atoms with E-state index >= 15 is 0 Å². The Morgan fingerprint density at radius 3 is 2.45 bits per heavy atom. The summed E-state index contributed by atoms with van der Waals surface area (Å²) in [5.74, 6) is 1.79. The maximum Gasteiger partial charge on any atom is 0.220 e. The molecule has 2 nitrogen and oxygen atoms in total. The summed E-state index contributed by atoms with van der Waals surface area (Å²) >= 11 is 0. The van der Waals surface area contributed by atoms with Crippen molar-refractivity contribution in [3.8, 4) is 0 Å². The van der Waals surface area contributed by atoms with Gasteiger partial charge in [0, 0.05) is 13.0 Å². The van der Waals surface area contributed by atoms with Gasteiger partial charge in [-0.25, -0.2) is 0 Å². The van der Waals surface area contributed by atoms with Gasteiger partial charge in [0.25, 0.3) is 0 Å². The summed E-state index contributed by atoms with van der Waals surface area (Å²) in [6.45, 7) is 0.948. The number of carbonyl (C=O) groups is 1. The monoisotopic (exact) mass is 153 g/mol. The fourth-order valence-corrected chi connectivity index (χ4v) is 2.39. The molecular formula is C9H15NO. The Morgan fingerprint density at radius 2 is 1.91 bits per heavy atom. The summed E-state index contributed by atoms with van der Waals surface area (Å²) in [6, 6.07) is 0. The molecule has 1 saturated heterocycles. The molecule has 1 heterocycles. The third-order valence-electron chi connectivity index (χ3n) is 3.08. The average molecular weight is 153 g/mol. The van der Waals surface area contributed by atoms with Crippen molar-refractivity contribution >= 4 is 5.91 Å². The minimum absolute atomic E-state index is 0.266. The second-order valence-electron chi connectivity index (χ2n) is 3.81. The Kier molecular flexibility index (Phi) is 1.84. The van der Waals surface area contributed by atoms with Crippen LogP contribution < -0.4 is 5.32 Å². The minimum Gasteiger partial charge on any atom is -0.356 e. The zero-order valence-corrected chi connectivity index (χ0v) is 6.81. The summed E-state index contributed by atoms with van der Waals surface area (Å²) in [6.07, 6.45) is 6.29. The van der Waals surface area contributed by atoms with Gasteiger partial charge < -0.3 is 5.32 Å². The summed E-state index contributed by atoms with van der Waals surface area (Å²) in [4.78, 5) is 10.9. The van der Waals surface area contributed by atoms with E-state index < -0.39 is 0 Å². The number of amides is 1. The predicted molar refractivity (Wildman–Crippen MR) is 43.1 cm³/mol. The molecule has 0 spiro atoms. The molecule has 1 saturated carbocycles. The molecule has 11 heavy (non-hydrogen) atoms. The van der Waals surface area contributed by atoms with Crippen molar-refractivity contribution in [3.05, 3.63) is 0 Å². The van der Waals surface area contributed by atoms with Crippen LogP contribution in [0.5, 0.6) is 0 Å². The van der Waals surface area contributed by atoms with E-state index in [9.17, 15) is 4.79 Å². The first kappa shape index (κ1) is 7.14. The van der Waals surface area contributed by atoms with Crippen LogP contribution in [0.2, 0.25) is 0 Å². The Hall–Kier alpha value is -0.530. The lowest BCUT2D eigenvalue weighted by Crippen LogP contribution is -2.16. The molecule has 1 atom stereocenters. The number of rotatable bonds is 1. The first-order chi connectivity index (χ1) is 5.36. The van der Waals surface area contributed by atoms with Crippen LogP contribution in [0, 0.1) is 11.8 Å². The summed E-state index contributed by atoms with van der Waals surface area (Å²) in [5.41, 5.74) is 0. The highest BCUT2D eigenvalue weighted by Crippen LogP contribution is 2.34. The van der Waals surface area contributed by atoms with Crippen LogP contribution in [0.25, 0.3) is 0 Å². The number of carbonyl (C=O) groups excluding carboxylic acids is 1. The van der Waals surface area contributed by atoms with Crippen molar-refractivity contribution in [3.63, 3.8) is 0 Å². The third kappa shape index (κ3) is 1.39. The Balaban J connectivity index is 1.90. The normalized spacial score (nSPS) is 32.7. The lowest BCUT2D eigenvalue weighted by Gasteiger charge is -2.14. The van der Waals surface area contributed by atoms with Crippen molar-refractivity contribution in [2.75, 3.05) is 6.54 Å². The molecule has 2 aliphatic rings. The molecule has 0 bridgehead atoms. The van der Waals surface area contributed by atoms with E-state index in [-0.39, 0.29) is 5.91 Å². The molecular weight excluding hydrogens is 138 g/mol. The fraction of sp³-hybridized carbons (Fsp3) is 0.889. The lowest BCUT2D eigenvalue weighted by atomic mass is 9.90. The van der Waals surface area contributed by atoms with Gasteiger partial charge in [0.1, 0.15) is 0 Å². The van der Waals surface area contributed by atoms with Gasteiger partial charge in [-0.2, -0.15) is 0 Å². The minimum atomic E-state index is 0.266. The number of nitrogens with one attached hydrogen (secondary N) is 1. The van der Waals surface area contributed by atoms with Crippen LogP contribution in [0.3, 0.4) is 0 Å². The standard InChI is InChI=1S/C9H15NO/c11-9-5-8(6-10-9)7-3-1-2-4-7/h7-8H,1-6H2,(H,10,11)/t8-/m0/s1. The molecule has 1 aliphatic heterocycles. The molecule has 0 unspecified atom stereocenters. The van der Waals surface area contributed by atoms with Gasteiger partial charge in [0.2, 0.25) is 5.91 Å². The summed E-state index contributed by atoms with van der Waals surface area (Å²) < 4.78 is 0. The molecule has 1 amide bonds. The second-order valence-corrected chi connectivity index (χ2v) is 3.81. The van der Waals surface area contributed by atoms with Gasteiger partial charge >= 0.3 is 0 Å². The smallest absolute Gasteiger partial charge is 0.220 e. The summed E-state index contributed by atoms with van der Waals surface area (Å²) in [5, 5.41) is 2.91. The quantitative estimate of drug-likeness (QED) is 0.604. The first-order valence-electron chi connectivity index (χ1n) is 4.63. The highest BCUT2D eigenvalue weighted by molar-refractivity contribution is 5.78. The Morgan fingerprint density at radius 1 is 1.18 bits per heavy atom. The van der Waals surface area contributed by atoms with Gasteiger partial charge in [-0.05, 0) is 11.8 Å². The van der Waals surface area contributed by atoms with E-state index in [0.29, 0.717) is 5.92 Å². The van der Waals surface area contributed by atoms with Crippen molar-refractivity contribution in [2.45, 2.75) is 32.1 Å². The topological polar surface area (TPSA) is 29.1 Å². The van der Waals surface area contributed by atoms with Gasteiger partial charge in [-0.3, -0.25) is 4.79 Å². The number of hydrogen-bond donors (Lipinski definition) is 1. The molecule has 2 rings (SSSR count). The predicted octanol–water partition coefficient (Wildman–Crippen LogP) is 1.31. The van der Waals surface area contributed by atoms with Crippen LogP contribution in [0.4, 0.5) is 0 Å². The van der Waals surface area contributed by atoms with Crippen LogP contribution in [-0.2, 0) is 4.79 Å². The molecule has 0 aromatic rings. The van der Waals surface area contributed by atoms with Gasteiger partial charge in [-0.1, -0.05) is 25.7 Å². The van der Waals surface area contributed by atoms with E-state index in [1.165, 1.54) is 25.7 Å². The molecule has 2 fully saturated rings. The molecule has 2 heteroatoms. The maximum atomic E-state index is 10.9. The Bertz CT molecular complexity index is 161. The molecule has 0 radical (unpaired) electrons. The zero-order valence-electron chi connectivity index (χ0n) is 6.81. The first-order valence-corrected chi connectivity index (χ1v) is 4.63. The second kappa shape index (κ2) is 2.84. The van der Waals surface area contributed by atoms with Crippen LogP contribution in [-0.4, -0.2) is 12.5 Å². The van der Waals surface area contributed by atoms with Crippen molar-refractivity contribution in [2.24, 2.45) is 11.8 Å². The molecule has 62 valence electrons. The van der Waals surface area contributed by atoms with E-state index in [4.69, 9.17) is 0 Å². The van der Waals surface area contributed by atoms with E-state index in [1.54, 1.807) is 0 Å². The zero-order chi connectivity index (χ0) is 7.68. The van der Waals surface area contributed by atoms with Crippen LogP contribution in [0.15, 0.2) is 0 Å². The van der Waals surface area contributed by atoms with E-state index in [2.05, 4.69) is 5.32 Å².